The Kier molecular flexibility index (Phi) is 4.31. The number of alkyl halides is 1. The van der Waals surface area contributed by atoms with Crippen LogP contribution in [0.25, 0.3) is 0 Å². The predicted octanol–water partition coefficient (Wildman–Crippen LogP) is 2.37. The zero-order chi connectivity index (χ0) is 13.0. The molecule has 1 aromatic carbocycles. The molecule has 0 radical (unpaired) electrons. The quantitative estimate of drug-likeness (QED) is 0.760. The number of rotatable bonds is 4. The summed E-state index contributed by atoms with van der Waals surface area (Å²) in [6, 6.07) is 4.81. The maximum Gasteiger partial charge on any atom is 0.226 e. The molecule has 0 aromatic heterocycles. The molecule has 0 N–H and O–H groups in total. The number of carbonyl (C=O) groups excluding carboxylic acids is 1. The molecule has 1 aromatic rings. The van der Waals surface area contributed by atoms with Gasteiger partial charge in [-0.25, -0.2) is 4.39 Å². The Hall–Kier alpha value is -1.78. The second kappa shape index (κ2) is 5.52. The van der Waals surface area contributed by atoms with Crippen LogP contribution in [0.4, 0.5) is 10.1 Å². The lowest BCUT2D eigenvalue weighted by Crippen LogP contribution is -2.34. The van der Waals surface area contributed by atoms with Gasteiger partial charge in [0.15, 0.2) is 17.8 Å². The summed E-state index contributed by atoms with van der Waals surface area (Å²) in [5.74, 6) is 0.621. The second-order valence-electron chi connectivity index (χ2n) is 3.50. The second-order valence-corrected chi connectivity index (χ2v) is 3.50. The van der Waals surface area contributed by atoms with E-state index in [2.05, 4.69) is 0 Å². The van der Waals surface area contributed by atoms with Crippen molar-refractivity contribution in [3.05, 3.63) is 18.2 Å². The van der Waals surface area contributed by atoms with Crippen molar-refractivity contribution in [2.24, 2.45) is 0 Å². The molecule has 0 saturated heterocycles. The van der Waals surface area contributed by atoms with Gasteiger partial charge in [0.1, 0.15) is 0 Å². The van der Waals surface area contributed by atoms with E-state index in [0.29, 0.717) is 17.2 Å². The number of anilines is 1. The molecule has 1 amide bonds. The fourth-order valence-electron chi connectivity index (χ4n) is 1.61. The maximum absolute atomic E-state index is 13.4. The van der Waals surface area contributed by atoms with Gasteiger partial charge in [-0.05, 0) is 19.1 Å². The topological polar surface area (TPSA) is 38.8 Å². The maximum atomic E-state index is 13.4. The van der Waals surface area contributed by atoms with E-state index >= 15 is 0 Å². The molecular weight excluding hydrogens is 225 g/mol. The highest BCUT2D eigenvalue weighted by Gasteiger charge is 2.19. The van der Waals surface area contributed by atoms with Crippen molar-refractivity contribution in [3.8, 4) is 11.5 Å². The van der Waals surface area contributed by atoms with Crippen LogP contribution in [0, 0.1) is 0 Å². The number of carbonyl (C=O) groups is 1. The van der Waals surface area contributed by atoms with Gasteiger partial charge >= 0.3 is 0 Å². The van der Waals surface area contributed by atoms with Gasteiger partial charge in [0.25, 0.3) is 0 Å². The highest BCUT2D eigenvalue weighted by molar-refractivity contribution is 5.92. The Morgan fingerprint density at radius 1 is 1.29 bits per heavy atom. The van der Waals surface area contributed by atoms with E-state index in [1.54, 1.807) is 18.2 Å². The van der Waals surface area contributed by atoms with E-state index in [4.69, 9.17) is 9.47 Å². The molecular formula is C12H16FNO3. The highest BCUT2D eigenvalue weighted by atomic mass is 19.1. The van der Waals surface area contributed by atoms with Gasteiger partial charge in [-0.15, -0.1) is 0 Å². The minimum absolute atomic E-state index is 0.368. The number of halogens is 1. The normalized spacial score (nSPS) is 11.8. The van der Waals surface area contributed by atoms with Gasteiger partial charge in [0.2, 0.25) is 5.91 Å². The van der Waals surface area contributed by atoms with Crippen molar-refractivity contribution in [2.45, 2.75) is 20.1 Å². The Morgan fingerprint density at radius 2 is 1.88 bits per heavy atom. The average Bonchev–Trinajstić information content (AvgIpc) is 2.27. The molecule has 0 heterocycles. The third-order valence-electron chi connectivity index (χ3n) is 2.34. The van der Waals surface area contributed by atoms with Crippen LogP contribution in [-0.4, -0.2) is 26.4 Å². The molecule has 1 rings (SSSR count). The first-order valence-corrected chi connectivity index (χ1v) is 5.17. The van der Waals surface area contributed by atoms with Crippen molar-refractivity contribution in [2.75, 3.05) is 19.1 Å². The SMILES string of the molecule is COc1ccc(N(C(C)=O)C(C)F)cc1OC. The van der Waals surface area contributed by atoms with Crippen molar-refractivity contribution < 1.29 is 18.7 Å². The van der Waals surface area contributed by atoms with Crippen LogP contribution in [-0.2, 0) is 4.79 Å². The van der Waals surface area contributed by atoms with Crippen LogP contribution in [0.5, 0.6) is 11.5 Å². The summed E-state index contributed by atoms with van der Waals surface area (Å²) in [6.45, 7) is 2.62. The molecule has 1 atom stereocenters. The minimum Gasteiger partial charge on any atom is -0.493 e. The van der Waals surface area contributed by atoms with Crippen LogP contribution < -0.4 is 14.4 Å². The predicted molar refractivity (Wildman–Crippen MR) is 63.3 cm³/mol. The molecule has 0 saturated carbocycles. The monoisotopic (exact) mass is 241 g/mol. The fourth-order valence-corrected chi connectivity index (χ4v) is 1.61. The zero-order valence-corrected chi connectivity index (χ0v) is 10.4. The number of hydrogen-bond acceptors (Lipinski definition) is 3. The van der Waals surface area contributed by atoms with Gasteiger partial charge in [-0.2, -0.15) is 0 Å². The smallest absolute Gasteiger partial charge is 0.226 e. The Balaban J connectivity index is 3.17. The summed E-state index contributed by atoms with van der Waals surface area (Å²) >= 11 is 0. The van der Waals surface area contributed by atoms with Crippen LogP contribution in [0.15, 0.2) is 18.2 Å². The summed E-state index contributed by atoms with van der Waals surface area (Å²) < 4.78 is 23.5. The van der Waals surface area contributed by atoms with E-state index in [0.717, 1.165) is 4.90 Å². The van der Waals surface area contributed by atoms with Crippen LogP contribution in [0.3, 0.4) is 0 Å². The molecule has 0 spiro atoms. The summed E-state index contributed by atoms with van der Waals surface area (Å²) in [5.41, 5.74) is 0.435. The summed E-state index contributed by atoms with van der Waals surface area (Å²) in [6.07, 6.45) is -1.40. The van der Waals surface area contributed by atoms with Crippen LogP contribution >= 0.6 is 0 Å². The number of ether oxygens (including phenoxy) is 2. The van der Waals surface area contributed by atoms with Crippen molar-refractivity contribution in [3.63, 3.8) is 0 Å². The molecule has 1 unspecified atom stereocenters. The summed E-state index contributed by atoms with van der Waals surface area (Å²) in [7, 11) is 3.00. The molecule has 94 valence electrons. The molecule has 17 heavy (non-hydrogen) atoms. The summed E-state index contributed by atoms with van der Waals surface area (Å²) in [5, 5.41) is 0. The fraction of sp³-hybridized carbons (Fsp3) is 0.417. The number of methoxy groups -OCH3 is 2. The van der Waals surface area contributed by atoms with E-state index < -0.39 is 6.30 Å². The lowest BCUT2D eigenvalue weighted by molar-refractivity contribution is -0.117. The first-order valence-electron chi connectivity index (χ1n) is 5.17. The van der Waals surface area contributed by atoms with Gasteiger partial charge in [0, 0.05) is 13.0 Å². The standard InChI is InChI=1S/C12H16FNO3/c1-8(13)14(9(2)15)10-5-6-11(16-3)12(7-10)17-4/h5-8H,1-4H3. The Labute approximate surface area is 99.9 Å². The molecule has 0 aliphatic heterocycles. The van der Waals surface area contributed by atoms with Crippen molar-refractivity contribution >= 4 is 11.6 Å². The van der Waals surface area contributed by atoms with E-state index in [1.807, 2.05) is 0 Å². The van der Waals surface area contributed by atoms with Gasteiger partial charge in [0.05, 0.1) is 19.9 Å². The number of hydrogen-bond donors (Lipinski definition) is 0. The zero-order valence-electron chi connectivity index (χ0n) is 10.4. The third-order valence-corrected chi connectivity index (χ3v) is 2.34. The largest absolute Gasteiger partial charge is 0.493 e. The lowest BCUT2D eigenvalue weighted by Gasteiger charge is -2.23. The van der Waals surface area contributed by atoms with E-state index in [-0.39, 0.29) is 5.91 Å². The first kappa shape index (κ1) is 13.3. The number of benzene rings is 1. The van der Waals surface area contributed by atoms with Crippen LogP contribution in [0.1, 0.15) is 13.8 Å². The molecule has 4 nitrogen and oxygen atoms in total. The molecule has 0 aliphatic rings. The molecule has 5 heteroatoms. The minimum atomic E-state index is -1.40. The number of amides is 1. The van der Waals surface area contributed by atoms with E-state index in [9.17, 15) is 9.18 Å². The van der Waals surface area contributed by atoms with Crippen molar-refractivity contribution in [1.82, 2.24) is 0 Å². The average molecular weight is 241 g/mol. The third kappa shape index (κ3) is 2.87. The molecule has 0 fully saturated rings. The Bertz CT molecular complexity index is 407. The molecule has 0 bridgehead atoms. The van der Waals surface area contributed by atoms with Gasteiger partial charge in [-0.1, -0.05) is 0 Å². The van der Waals surface area contributed by atoms with E-state index in [1.165, 1.54) is 28.1 Å². The Morgan fingerprint density at radius 3 is 2.29 bits per heavy atom. The van der Waals surface area contributed by atoms with Gasteiger partial charge < -0.3 is 9.47 Å². The molecule has 0 aliphatic carbocycles. The van der Waals surface area contributed by atoms with Gasteiger partial charge in [-0.3, -0.25) is 9.69 Å². The van der Waals surface area contributed by atoms with Crippen LogP contribution in [0.2, 0.25) is 0 Å². The number of nitrogens with zero attached hydrogens (tertiary/aromatic N) is 1. The van der Waals surface area contributed by atoms with Crippen molar-refractivity contribution in [1.29, 1.82) is 0 Å². The first-order chi connectivity index (χ1) is 8.01. The highest BCUT2D eigenvalue weighted by Crippen LogP contribution is 2.32. The lowest BCUT2D eigenvalue weighted by atomic mass is 10.2. The summed E-state index contributed by atoms with van der Waals surface area (Å²) in [4.78, 5) is 12.4.